The second-order valence-electron chi connectivity index (χ2n) is 6.28. The lowest BCUT2D eigenvalue weighted by Crippen LogP contribution is -2.35. The highest BCUT2D eigenvalue weighted by Crippen LogP contribution is 2.34. The van der Waals surface area contributed by atoms with Crippen LogP contribution in [-0.4, -0.2) is 21.8 Å². The van der Waals surface area contributed by atoms with E-state index in [0.29, 0.717) is 5.69 Å². The van der Waals surface area contributed by atoms with E-state index in [-0.39, 0.29) is 34.1 Å². The fourth-order valence-corrected chi connectivity index (χ4v) is 3.15. The van der Waals surface area contributed by atoms with Crippen molar-refractivity contribution >= 4 is 45.2 Å². The predicted molar refractivity (Wildman–Crippen MR) is 110 cm³/mol. The summed E-state index contributed by atoms with van der Waals surface area (Å²) in [5.74, 6) is -1.03. The number of nitrogens with one attached hydrogen (secondary N) is 1. The highest BCUT2D eigenvalue weighted by atomic mass is 79.9. The Bertz CT molecular complexity index is 1220. The lowest BCUT2D eigenvalue weighted by molar-refractivity contribution is -0.384. The molecular weight excluding hydrogens is 458 g/mol. The van der Waals surface area contributed by atoms with Crippen LogP contribution in [0.1, 0.15) is 5.76 Å². The smallest absolute Gasteiger partial charge is 0.282 e. The second-order valence-corrected chi connectivity index (χ2v) is 7.19. The number of amides is 2. The lowest BCUT2D eigenvalue weighted by atomic mass is 10.1. The summed E-state index contributed by atoms with van der Waals surface area (Å²) < 4.78 is 6.41. The van der Waals surface area contributed by atoms with E-state index >= 15 is 0 Å². The number of furan rings is 1. The first-order valence-corrected chi connectivity index (χ1v) is 9.33. The fraction of sp³-hybridized carbons (Fsp3) is 0. The molecule has 1 saturated heterocycles. The van der Waals surface area contributed by atoms with Crippen LogP contribution in [-0.2, 0) is 9.59 Å². The van der Waals surface area contributed by atoms with Gasteiger partial charge in [-0.25, -0.2) is 5.01 Å². The molecule has 0 radical (unpaired) electrons. The molecule has 0 unspecified atom stereocenters. The molecule has 0 aliphatic carbocycles. The number of phenolic OH excluding ortho intramolecular Hbond substituents is 1. The Morgan fingerprint density at radius 3 is 2.53 bits per heavy atom. The molecule has 2 aromatic carbocycles. The summed E-state index contributed by atoms with van der Waals surface area (Å²) in [6.45, 7) is 0. The van der Waals surface area contributed by atoms with Gasteiger partial charge in [0.25, 0.3) is 17.5 Å². The summed E-state index contributed by atoms with van der Waals surface area (Å²) in [6, 6.07) is 13.3. The van der Waals surface area contributed by atoms with Gasteiger partial charge in [0, 0.05) is 16.6 Å². The summed E-state index contributed by atoms with van der Waals surface area (Å²) in [4.78, 5) is 35.3. The standard InChI is InChI=1S/C20H12BrN3O6/c21-11-1-3-12(4-2-11)23-20(27)16(19(26)22-23)10-14-6-8-18(30-14)15-9-13(24(28)29)5-7-17(15)25/h1-10,25H,(H,22,26). The minimum absolute atomic E-state index is 0.118. The molecule has 2 heterocycles. The predicted octanol–water partition coefficient (Wildman–Crippen LogP) is 3.78. The molecule has 9 nitrogen and oxygen atoms in total. The molecule has 0 atom stereocenters. The van der Waals surface area contributed by atoms with Gasteiger partial charge in [-0.15, -0.1) is 0 Å². The van der Waals surface area contributed by atoms with Crippen molar-refractivity contribution in [1.82, 2.24) is 5.43 Å². The van der Waals surface area contributed by atoms with E-state index in [2.05, 4.69) is 21.4 Å². The molecule has 1 aliphatic heterocycles. The number of hydrazine groups is 1. The third-order valence-corrected chi connectivity index (χ3v) is 4.87. The Balaban J connectivity index is 1.64. The van der Waals surface area contributed by atoms with Gasteiger partial charge < -0.3 is 9.52 Å². The van der Waals surface area contributed by atoms with E-state index in [1.165, 1.54) is 36.4 Å². The van der Waals surface area contributed by atoms with Crippen LogP contribution in [0.25, 0.3) is 17.4 Å². The largest absolute Gasteiger partial charge is 0.507 e. The number of hydrogen-bond donors (Lipinski definition) is 2. The van der Waals surface area contributed by atoms with Crippen molar-refractivity contribution in [3.63, 3.8) is 0 Å². The fourth-order valence-electron chi connectivity index (χ4n) is 2.88. The van der Waals surface area contributed by atoms with Crippen LogP contribution < -0.4 is 10.4 Å². The number of carbonyl (C=O) groups excluding carboxylic acids is 2. The molecule has 30 heavy (non-hydrogen) atoms. The molecule has 3 aromatic rings. The van der Waals surface area contributed by atoms with Crippen molar-refractivity contribution in [3.05, 3.63) is 80.5 Å². The van der Waals surface area contributed by atoms with Crippen LogP contribution >= 0.6 is 15.9 Å². The molecule has 2 N–H and O–H groups in total. The Kier molecular flexibility index (Phi) is 4.84. The molecular formula is C20H12BrN3O6. The number of rotatable bonds is 4. The van der Waals surface area contributed by atoms with Crippen LogP contribution in [0.15, 0.2) is 69.1 Å². The van der Waals surface area contributed by atoms with Crippen LogP contribution in [0.4, 0.5) is 11.4 Å². The van der Waals surface area contributed by atoms with Crippen molar-refractivity contribution in [2.45, 2.75) is 0 Å². The van der Waals surface area contributed by atoms with Crippen LogP contribution in [0.3, 0.4) is 0 Å². The Hall–Kier alpha value is -3.92. The maximum atomic E-state index is 12.7. The van der Waals surface area contributed by atoms with Gasteiger partial charge in [0.1, 0.15) is 22.8 Å². The minimum Gasteiger partial charge on any atom is -0.507 e. The van der Waals surface area contributed by atoms with Crippen molar-refractivity contribution in [3.8, 4) is 17.1 Å². The van der Waals surface area contributed by atoms with E-state index in [0.717, 1.165) is 9.48 Å². The molecule has 1 aliphatic rings. The molecule has 10 heteroatoms. The van der Waals surface area contributed by atoms with Crippen LogP contribution in [0.2, 0.25) is 0 Å². The number of nitrogens with zero attached hydrogens (tertiary/aromatic N) is 2. The van der Waals surface area contributed by atoms with E-state index in [1.807, 2.05) is 0 Å². The van der Waals surface area contributed by atoms with Gasteiger partial charge in [-0.2, -0.15) is 0 Å². The first-order chi connectivity index (χ1) is 14.3. The number of carbonyl (C=O) groups is 2. The van der Waals surface area contributed by atoms with Crippen molar-refractivity contribution in [2.24, 2.45) is 0 Å². The normalized spacial score (nSPS) is 15.0. The van der Waals surface area contributed by atoms with Gasteiger partial charge in [0.15, 0.2) is 0 Å². The second kappa shape index (κ2) is 7.48. The zero-order valence-electron chi connectivity index (χ0n) is 15.0. The summed E-state index contributed by atoms with van der Waals surface area (Å²) in [7, 11) is 0. The lowest BCUT2D eigenvalue weighted by Gasteiger charge is -2.14. The van der Waals surface area contributed by atoms with Crippen molar-refractivity contribution < 1.29 is 24.0 Å². The van der Waals surface area contributed by atoms with Gasteiger partial charge in [-0.1, -0.05) is 15.9 Å². The molecule has 0 bridgehead atoms. The molecule has 1 aromatic heterocycles. The number of phenols is 1. The highest BCUT2D eigenvalue weighted by molar-refractivity contribution is 9.10. The van der Waals surface area contributed by atoms with E-state index in [1.54, 1.807) is 24.3 Å². The maximum Gasteiger partial charge on any atom is 0.282 e. The average Bonchev–Trinajstić information content (AvgIpc) is 3.29. The van der Waals surface area contributed by atoms with Crippen LogP contribution in [0.5, 0.6) is 5.75 Å². The van der Waals surface area contributed by atoms with E-state index in [4.69, 9.17) is 4.42 Å². The van der Waals surface area contributed by atoms with Crippen molar-refractivity contribution in [2.75, 3.05) is 5.01 Å². The molecule has 2 amide bonds. The van der Waals surface area contributed by atoms with E-state index in [9.17, 15) is 24.8 Å². The average molecular weight is 470 g/mol. The molecule has 150 valence electrons. The highest BCUT2D eigenvalue weighted by Gasteiger charge is 2.34. The van der Waals surface area contributed by atoms with Gasteiger partial charge in [-0.05, 0) is 48.5 Å². The third kappa shape index (κ3) is 3.55. The summed E-state index contributed by atoms with van der Waals surface area (Å²) in [6.07, 6.45) is 1.27. The number of aromatic hydroxyl groups is 1. The Morgan fingerprint density at radius 2 is 1.83 bits per heavy atom. The Labute approximate surface area is 177 Å². The Morgan fingerprint density at radius 1 is 1.10 bits per heavy atom. The first-order valence-electron chi connectivity index (χ1n) is 8.54. The first kappa shape index (κ1) is 19.4. The van der Waals surface area contributed by atoms with Crippen molar-refractivity contribution in [1.29, 1.82) is 0 Å². The van der Waals surface area contributed by atoms with Crippen LogP contribution in [0, 0.1) is 10.1 Å². The SMILES string of the molecule is O=C1NN(c2ccc(Br)cc2)C(=O)C1=Cc1ccc(-c2cc([N+](=O)[O-])ccc2O)o1. The number of non-ortho nitro benzene ring substituents is 1. The zero-order chi connectivity index (χ0) is 21.4. The summed E-state index contributed by atoms with van der Waals surface area (Å²) >= 11 is 3.31. The van der Waals surface area contributed by atoms with Gasteiger partial charge in [0.05, 0.1) is 16.2 Å². The third-order valence-electron chi connectivity index (χ3n) is 4.35. The van der Waals surface area contributed by atoms with Gasteiger partial charge >= 0.3 is 0 Å². The minimum atomic E-state index is -0.598. The summed E-state index contributed by atoms with van der Waals surface area (Å²) in [5, 5.41) is 22.1. The monoisotopic (exact) mass is 469 g/mol. The number of benzene rings is 2. The number of anilines is 1. The summed E-state index contributed by atoms with van der Waals surface area (Å²) in [5.41, 5.74) is 2.74. The van der Waals surface area contributed by atoms with E-state index < -0.39 is 16.7 Å². The topological polar surface area (TPSA) is 126 Å². The molecule has 0 spiro atoms. The number of nitro benzene ring substituents is 1. The number of nitro groups is 1. The maximum absolute atomic E-state index is 12.7. The zero-order valence-corrected chi connectivity index (χ0v) is 16.6. The van der Waals surface area contributed by atoms with Gasteiger partial charge in [-0.3, -0.25) is 25.1 Å². The number of hydrogen-bond acceptors (Lipinski definition) is 6. The molecule has 4 rings (SSSR count). The molecule has 0 saturated carbocycles. The van der Waals surface area contributed by atoms with Gasteiger partial charge in [0.2, 0.25) is 0 Å². The molecule has 1 fully saturated rings. The number of halogens is 1. The quantitative estimate of drug-likeness (QED) is 0.259.